The van der Waals surface area contributed by atoms with Crippen molar-refractivity contribution in [1.29, 1.82) is 0 Å². The summed E-state index contributed by atoms with van der Waals surface area (Å²) < 4.78 is 1.85. The van der Waals surface area contributed by atoms with E-state index < -0.39 is 0 Å². The molecule has 0 saturated carbocycles. The van der Waals surface area contributed by atoms with Crippen molar-refractivity contribution in [2.45, 2.75) is 19.4 Å². The molecule has 0 amide bonds. The first kappa shape index (κ1) is 14.0. The van der Waals surface area contributed by atoms with Gasteiger partial charge in [0.1, 0.15) is 0 Å². The fraction of sp³-hybridized carbons (Fsp3) is 0.308. The molecule has 0 aliphatic rings. The summed E-state index contributed by atoms with van der Waals surface area (Å²) in [4.78, 5) is 5.51. The lowest BCUT2D eigenvalue weighted by Gasteiger charge is -2.17. The van der Waals surface area contributed by atoms with Gasteiger partial charge in [-0.15, -0.1) is 11.3 Å². The number of rotatable bonds is 5. The first-order chi connectivity index (χ1) is 8.69. The van der Waals surface area contributed by atoms with Crippen LogP contribution in [0.25, 0.3) is 0 Å². The zero-order valence-electron chi connectivity index (χ0n) is 9.99. The Balaban J connectivity index is 2.17. The van der Waals surface area contributed by atoms with Crippen molar-refractivity contribution >= 4 is 38.9 Å². The molecule has 1 N–H and O–H groups in total. The summed E-state index contributed by atoms with van der Waals surface area (Å²) >= 11 is 11.1. The van der Waals surface area contributed by atoms with Gasteiger partial charge in [-0.1, -0.05) is 18.5 Å². The van der Waals surface area contributed by atoms with Crippen molar-refractivity contribution in [1.82, 2.24) is 10.3 Å². The van der Waals surface area contributed by atoms with Crippen LogP contribution in [0.15, 0.2) is 35.1 Å². The van der Waals surface area contributed by atoms with E-state index in [1.54, 1.807) is 17.5 Å². The van der Waals surface area contributed by atoms with Crippen LogP contribution in [0.1, 0.15) is 23.4 Å². The number of nitrogens with zero attached hydrogens (tertiary/aromatic N) is 1. The standard InChI is InChI=1S/C13H14BrClN2S/c1-2-17-12(6-11-3-4-13(15)18-11)9-5-10(14)8-16-7-9/h3-5,7-8,12,17H,2,6H2,1H3. The molecule has 0 aliphatic heterocycles. The molecule has 0 aliphatic carbocycles. The fourth-order valence-electron chi connectivity index (χ4n) is 1.84. The molecule has 0 radical (unpaired) electrons. The Morgan fingerprint density at radius 1 is 1.44 bits per heavy atom. The highest BCUT2D eigenvalue weighted by atomic mass is 79.9. The summed E-state index contributed by atoms with van der Waals surface area (Å²) in [5, 5.41) is 3.49. The number of hydrogen-bond acceptors (Lipinski definition) is 3. The predicted octanol–water partition coefficient (Wildman–Crippen LogP) is 4.45. The van der Waals surface area contributed by atoms with Crippen LogP contribution in [-0.2, 0) is 6.42 Å². The minimum Gasteiger partial charge on any atom is -0.310 e. The maximum atomic E-state index is 5.97. The Kier molecular flexibility index (Phi) is 5.18. The summed E-state index contributed by atoms with van der Waals surface area (Å²) in [6.07, 6.45) is 4.64. The average Bonchev–Trinajstić information content (AvgIpc) is 2.74. The number of aromatic nitrogens is 1. The monoisotopic (exact) mass is 344 g/mol. The lowest BCUT2D eigenvalue weighted by molar-refractivity contribution is 0.551. The molecule has 2 aromatic rings. The van der Waals surface area contributed by atoms with Crippen LogP contribution >= 0.6 is 38.9 Å². The van der Waals surface area contributed by atoms with E-state index in [2.05, 4.69) is 45.3 Å². The molecule has 2 rings (SSSR count). The molecule has 0 bridgehead atoms. The zero-order chi connectivity index (χ0) is 13.0. The molecule has 96 valence electrons. The summed E-state index contributed by atoms with van der Waals surface area (Å²) in [6.45, 7) is 3.04. The summed E-state index contributed by atoms with van der Waals surface area (Å²) in [5.41, 5.74) is 1.19. The first-order valence-electron chi connectivity index (χ1n) is 5.77. The van der Waals surface area contributed by atoms with Crippen LogP contribution in [0.2, 0.25) is 4.34 Å². The Bertz CT molecular complexity index is 515. The fourth-order valence-corrected chi connectivity index (χ4v) is 3.35. The topological polar surface area (TPSA) is 24.9 Å². The Labute approximate surface area is 125 Å². The third kappa shape index (κ3) is 3.79. The molecular formula is C13H14BrClN2S. The molecule has 0 aromatic carbocycles. The Morgan fingerprint density at radius 3 is 2.89 bits per heavy atom. The molecule has 18 heavy (non-hydrogen) atoms. The quantitative estimate of drug-likeness (QED) is 0.866. The normalized spacial score (nSPS) is 12.6. The lowest BCUT2D eigenvalue weighted by atomic mass is 10.1. The van der Waals surface area contributed by atoms with Crippen LogP contribution in [0, 0.1) is 0 Å². The number of likely N-dealkylation sites (N-methyl/N-ethyl adjacent to an activating group) is 1. The van der Waals surface area contributed by atoms with Gasteiger partial charge in [-0.05, 0) is 46.2 Å². The molecule has 0 fully saturated rings. The largest absolute Gasteiger partial charge is 0.310 e. The highest BCUT2D eigenvalue weighted by molar-refractivity contribution is 9.10. The maximum Gasteiger partial charge on any atom is 0.0931 e. The van der Waals surface area contributed by atoms with Gasteiger partial charge in [0.25, 0.3) is 0 Å². The van der Waals surface area contributed by atoms with Crippen LogP contribution in [-0.4, -0.2) is 11.5 Å². The van der Waals surface area contributed by atoms with Gasteiger partial charge in [-0.2, -0.15) is 0 Å². The molecular weight excluding hydrogens is 332 g/mol. The number of hydrogen-bond donors (Lipinski definition) is 1. The third-order valence-electron chi connectivity index (χ3n) is 2.61. The predicted molar refractivity (Wildman–Crippen MR) is 81.4 cm³/mol. The van der Waals surface area contributed by atoms with E-state index in [4.69, 9.17) is 11.6 Å². The second-order valence-electron chi connectivity index (χ2n) is 3.96. The van der Waals surface area contributed by atoms with Gasteiger partial charge in [-0.25, -0.2) is 0 Å². The minimum absolute atomic E-state index is 0.273. The van der Waals surface area contributed by atoms with Gasteiger partial charge in [0, 0.05) is 34.2 Å². The molecule has 1 unspecified atom stereocenters. The van der Waals surface area contributed by atoms with Crippen molar-refractivity contribution in [2.24, 2.45) is 0 Å². The third-order valence-corrected chi connectivity index (χ3v) is 4.30. The van der Waals surface area contributed by atoms with Gasteiger partial charge in [-0.3, -0.25) is 4.98 Å². The second kappa shape index (κ2) is 6.66. The molecule has 2 nitrogen and oxygen atoms in total. The Hall–Kier alpha value is -0.420. The highest BCUT2D eigenvalue weighted by Crippen LogP contribution is 2.27. The van der Waals surface area contributed by atoms with Crippen LogP contribution in [0.3, 0.4) is 0 Å². The smallest absolute Gasteiger partial charge is 0.0931 e. The van der Waals surface area contributed by atoms with E-state index in [9.17, 15) is 0 Å². The van der Waals surface area contributed by atoms with Crippen molar-refractivity contribution < 1.29 is 0 Å². The molecule has 5 heteroatoms. The van der Waals surface area contributed by atoms with Gasteiger partial charge in [0.05, 0.1) is 4.34 Å². The minimum atomic E-state index is 0.273. The van der Waals surface area contributed by atoms with Crippen LogP contribution < -0.4 is 5.32 Å². The van der Waals surface area contributed by atoms with E-state index in [0.717, 1.165) is 21.8 Å². The van der Waals surface area contributed by atoms with Crippen molar-refractivity contribution in [3.8, 4) is 0 Å². The maximum absolute atomic E-state index is 5.97. The van der Waals surface area contributed by atoms with Gasteiger partial charge in [0.15, 0.2) is 0 Å². The summed E-state index contributed by atoms with van der Waals surface area (Å²) in [7, 11) is 0. The van der Waals surface area contributed by atoms with Crippen LogP contribution in [0.5, 0.6) is 0 Å². The van der Waals surface area contributed by atoms with E-state index in [-0.39, 0.29) is 6.04 Å². The first-order valence-corrected chi connectivity index (χ1v) is 7.76. The SMILES string of the molecule is CCNC(Cc1ccc(Cl)s1)c1cncc(Br)c1. The van der Waals surface area contributed by atoms with E-state index >= 15 is 0 Å². The number of thiophene rings is 1. The van der Waals surface area contributed by atoms with Gasteiger partial charge >= 0.3 is 0 Å². The average molecular weight is 346 g/mol. The number of halogens is 2. The number of pyridine rings is 1. The summed E-state index contributed by atoms with van der Waals surface area (Å²) in [6, 6.07) is 6.41. The van der Waals surface area contributed by atoms with Crippen molar-refractivity contribution in [3.05, 3.63) is 49.8 Å². The van der Waals surface area contributed by atoms with E-state index in [1.165, 1.54) is 10.4 Å². The van der Waals surface area contributed by atoms with Crippen molar-refractivity contribution in [2.75, 3.05) is 6.54 Å². The summed E-state index contributed by atoms with van der Waals surface area (Å²) in [5.74, 6) is 0. The van der Waals surface area contributed by atoms with Gasteiger partial charge < -0.3 is 5.32 Å². The zero-order valence-corrected chi connectivity index (χ0v) is 13.1. The Morgan fingerprint density at radius 2 is 2.28 bits per heavy atom. The van der Waals surface area contributed by atoms with Crippen LogP contribution in [0.4, 0.5) is 0 Å². The van der Waals surface area contributed by atoms with E-state index in [0.29, 0.717) is 0 Å². The second-order valence-corrected chi connectivity index (χ2v) is 6.67. The highest BCUT2D eigenvalue weighted by Gasteiger charge is 2.13. The van der Waals surface area contributed by atoms with Gasteiger partial charge in [0.2, 0.25) is 0 Å². The molecule has 2 aromatic heterocycles. The number of nitrogens with one attached hydrogen (secondary N) is 1. The van der Waals surface area contributed by atoms with E-state index in [1.807, 2.05) is 12.3 Å². The molecule has 2 heterocycles. The van der Waals surface area contributed by atoms with Crippen molar-refractivity contribution in [3.63, 3.8) is 0 Å². The molecule has 1 atom stereocenters. The lowest BCUT2D eigenvalue weighted by Crippen LogP contribution is -2.22. The molecule has 0 spiro atoms. The molecule has 0 saturated heterocycles.